The standard InChI is InChI=1S/C16H22N4O/c1-10(2)7-17-9-13-6-14(21)20-16(19-13)15-12(4)5-11(3)8-18-15/h5-6,8,10,17H,7,9H2,1-4H3,(H,19,20,21). The summed E-state index contributed by atoms with van der Waals surface area (Å²) in [6, 6.07) is 3.56. The SMILES string of the molecule is Cc1cnc(-c2nc(CNCC(C)C)cc(=O)[nH]2)c(C)c1. The molecule has 0 aliphatic heterocycles. The molecule has 0 saturated heterocycles. The summed E-state index contributed by atoms with van der Waals surface area (Å²) in [5, 5.41) is 3.30. The van der Waals surface area contributed by atoms with Crippen LogP contribution in [0.1, 0.15) is 30.7 Å². The van der Waals surface area contributed by atoms with Gasteiger partial charge in [0.25, 0.3) is 5.56 Å². The molecule has 0 aromatic carbocycles. The summed E-state index contributed by atoms with van der Waals surface area (Å²) in [4.78, 5) is 23.5. The van der Waals surface area contributed by atoms with Gasteiger partial charge in [0.2, 0.25) is 0 Å². The second-order valence-corrected chi connectivity index (χ2v) is 5.79. The number of nitrogens with one attached hydrogen (secondary N) is 2. The topological polar surface area (TPSA) is 70.7 Å². The fourth-order valence-corrected chi connectivity index (χ4v) is 2.16. The maximum absolute atomic E-state index is 11.8. The minimum atomic E-state index is -0.150. The highest BCUT2D eigenvalue weighted by molar-refractivity contribution is 5.54. The Morgan fingerprint density at radius 1 is 1.29 bits per heavy atom. The molecule has 5 heteroatoms. The minimum Gasteiger partial charge on any atom is -0.311 e. The maximum atomic E-state index is 11.8. The molecule has 2 heterocycles. The largest absolute Gasteiger partial charge is 0.311 e. The van der Waals surface area contributed by atoms with E-state index in [1.54, 1.807) is 6.20 Å². The molecule has 0 fully saturated rings. The van der Waals surface area contributed by atoms with E-state index >= 15 is 0 Å². The fraction of sp³-hybridized carbons (Fsp3) is 0.438. The first kappa shape index (κ1) is 15.4. The number of rotatable bonds is 5. The first-order valence-corrected chi connectivity index (χ1v) is 7.20. The highest BCUT2D eigenvalue weighted by Gasteiger charge is 2.08. The van der Waals surface area contributed by atoms with Crippen LogP contribution in [-0.2, 0) is 6.54 Å². The van der Waals surface area contributed by atoms with Gasteiger partial charge in [-0.2, -0.15) is 0 Å². The first-order chi connectivity index (χ1) is 9.95. The molecule has 0 radical (unpaired) electrons. The van der Waals surface area contributed by atoms with E-state index in [1.165, 1.54) is 6.07 Å². The molecule has 0 amide bonds. The number of hydrogen-bond acceptors (Lipinski definition) is 4. The number of hydrogen-bond donors (Lipinski definition) is 2. The lowest BCUT2D eigenvalue weighted by molar-refractivity contribution is 0.548. The molecular formula is C16H22N4O. The van der Waals surface area contributed by atoms with Crippen LogP contribution in [0.15, 0.2) is 23.1 Å². The summed E-state index contributed by atoms with van der Waals surface area (Å²) in [6.07, 6.45) is 1.78. The average Bonchev–Trinajstić information content (AvgIpc) is 2.37. The summed E-state index contributed by atoms with van der Waals surface area (Å²) in [5.41, 5.74) is 3.40. The van der Waals surface area contributed by atoms with Crippen molar-refractivity contribution in [1.29, 1.82) is 0 Å². The predicted molar refractivity (Wildman–Crippen MR) is 84.1 cm³/mol. The van der Waals surface area contributed by atoms with Crippen LogP contribution >= 0.6 is 0 Å². The van der Waals surface area contributed by atoms with Crippen LogP contribution in [0.5, 0.6) is 0 Å². The van der Waals surface area contributed by atoms with E-state index in [2.05, 4.69) is 34.1 Å². The molecule has 0 bridgehead atoms. The first-order valence-electron chi connectivity index (χ1n) is 7.20. The van der Waals surface area contributed by atoms with Crippen molar-refractivity contribution in [3.05, 3.63) is 45.5 Å². The number of nitrogens with zero attached hydrogens (tertiary/aromatic N) is 2. The van der Waals surface area contributed by atoms with Gasteiger partial charge in [-0.25, -0.2) is 4.98 Å². The number of aryl methyl sites for hydroxylation is 2. The zero-order chi connectivity index (χ0) is 15.4. The quantitative estimate of drug-likeness (QED) is 0.884. The summed E-state index contributed by atoms with van der Waals surface area (Å²) >= 11 is 0. The van der Waals surface area contributed by atoms with Crippen molar-refractivity contribution in [1.82, 2.24) is 20.3 Å². The van der Waals surface area contributed by atoms with Crippen molar-refractivity contribution in [3.8, 4) is 11.5 Å². The zero-order valence-corrected chi connectivity index (χ0v) is 13.0. The maximum Gasteiger partial charge on any atom is 0.251 e. The second-order valence-electron chi connectivity index (χ2n) is 5.79. The van der Waals surface area contributed by atoms with Crippen molar-refractivity contribution >= 4 is 0 Å². The van der Waals surface area contributed by atoms with Crippen LogP contribution in [0, 0.1) is 19.8 Å². The van der Waals surface area contributed by atoms with Crippen molar-refractivity contribution in [2.24, 2.45) is 5.92 Å². The number of H-pyrrole nitrogens is 1. The third kappa shape index (κ3) is 4.23. The van der Waals surface area contributed by atoms with Crippen LogP contribution < -0.4 is 10.9 Å². The fourth-order valence-electron chi connectivity index (χ4n) is 2.16. The van der Waals surface area contributed by atoms with E-state index in [1.807, 2.05) is 19.9 Å². The predicted octanol–water partition coefficient (Wildman–Crippen LogP) is 2.19. The van der Waals surface area contributed by atoms with E-state index in [9.17, 15) is 4.79 Å². The van der Waals surface area contributed by atoms with Gasteiger partial charge in [0, 0.05) is 18.8 Å². The van der Waals surface area contributed by atoms with Crippen molar-refractivity contribution in [2.45, 2.75) is 34.2 Å². The molecule has 21 heavy (non-hydrogen) atoms. The van der Waals surface area contributed by atoms with E-state index in [-0.39, 0.29) is 5.56 Å². The molecule has 2 rings (SSSR count). The highest BCUT2D eigenvalue weighted by Crippen LogP contribution is 2.16. The third-order valence-corrected chi connectivity index (χ3v) is 3.09. The van der Waals surface area contributed by atoms with Gasteiger partial charge in [-0.3, -0.25) is 9.78 Å². The average molecular weight is 286 g/mol. The lowest BCUT2D eigenvalue weighted by atomic mass is 10.1. The Labute approximate surface area is 124 Å². The summed E-state index contributed by atoms with van der Waals surface area (Å²) < 4.78 is 0. The summed E-state index contributed by atoms with van der Waals surface area (Å²) in [6.45, 7) is 9.73. The summed E-state index contributed by atoms with van der Waals surface area (Å²) in [7, 11) is 0. The van der Waals surface area contributed by atoms with Crippen LogP contribution in [0.2, 0.25) is 0 Å². The van der Waals surface area contributed by atoms with Gasteiger partial charge < -0.3 is 10.3 Å². The van der Waals surface area contributed by atoms with Crippen LogP contribution in [-0.4, -0.2) is 21.5 Å². The lowest BCUT2D eigenvalue weighted by Gasteiger charge is -2.09. The number of aromatic amines is 1. The Morgan fingerprint density at radius 2 is 2.05 bits per heavy atom. The van der Waals surface area contributed by atoms with Gasteiger partial charge >= 0.3 is 0 Å². The van der Waals surface area contributed by atoms with E-state index in [0.29, 0.717) is 18.3 Å². The third-order valence-electron chi connectivity index (χ3n) is 3.09. The number of pyridine rings is 1. The minimum absolute atomic E-state index is 0.150. The van der Waals surface area contributed by atoms with Crippen molar-refractivity contribution < 1.29 is 0 Å². The molecule has 5 nitrogen and oxygen atoms in total. The van der Waals surface area contributed by atoms with Crippen LogP contribution in [0.4, 0.5) is 0 Å². The lowest BCUT2D eigenvalue weighted by Crippen LogP contribution is -2.21. The van der Waals surface area contributed by atoms with Gasteiger partial charge in [-0.15, -0.1) is 0 Å². The Morgan fingerprint density at radius 3 is 2.71 bits per heavy atom. The Balaban J connectivity index is 2.28. The molecule has 0 aliphatic carbocycles. The molecule has 2 aromatic heterocycles. The molecule has 0 unspecified atom stereocenters. The molecule has 0 aliphatic rings. The smallest absolute Gasteiger partial charge is 0.251 e. The summed E-state index contributed by atoms with van der Waals surface area (Å²) in [5.74, 6) is 1.09. The molecule has 2 aromatic rings. The monoisotopic (exact) mass is 286 g/mol. The molecule has 2 N–H and O–H groups in total. The highest BCUT2D eigenvalue weighted by atomic mass is 16.1. The van der Waals surface area contributed by atoms with Crippen LogP contribution in [0.3, 0.4) is 0 Å². The van der Waals surface area contributed by atoms with E-state index in [4.69, 9.17) is 0 Å². The van der Waals surface area contributed by atoms with Crippen molar-refractivity contribution in [3.63, 3.8) is 0 Å². The molecular weight excluding hydrogens is 264 g/mol. The van der Waals surface area contributed by atoms with E-state index < -0.39 is 0 Å². The van der Waals surface area contributed by atoms with Gasteiger partial charge in [0.15, 0.2) is 5.82 Å². The second kappa shape index (κ2) is 6.63. The van der Waals surface area contributed by atoms with Gasteiger partial charge in [0.05, 0.1) is 5.69 Å². The van der Waals surface area contributed by atoms with Gasteiger partial charge in [-0.05, 0) is 37.4 Å². The zero-order valence-electron chi connectivity index (χ0n) is 13.0. The van der Waals surface area contributed by atoms with Gasteiger partial charge in [-0.1, -0.05) is 19.9 Å². The molecule has 0 spiro atoms. The molecule has 0 saturated carbocycles. The Bertz CT molecular complexity index is 676. The van der Waals surface area contributed by atoms with E-state index in [0.717, 1.165) is 29.1 Å². The van der Waals surface area contributed by atoms with Crippen molar-refractivity contribution in [2.75, 3.05) is 6.54 Å². The van der Waals surface area contributed by atoms with Crippen LogP contribution in [0.25, 0.3) is 11.5 Å². The number of aromatic nitrogens is 3. The Kier molecular flexibility index (Phi) is 4.85. The normalized spacial score (nSPS) is 11.1. The molecule has 0 atom stereocenters. The Hall–Kier alpha value is -2.01. The molecule has 112 valence electrons. The van der Waals surface area contributed by atoms with Gasteiger partial charge in [0.1, 0.15) is 5.69 Å².